The van der Waals surface area contributed by atoms with E-state index >= 15 is 0 Å². The zero-order valence-corrected chi connectivity index (χ0v) is 15.1. The molecule has 1 amide bonds. The molecule has 0 atom stereocenters. The van der Waals surface area contributed by atoms with Gasteiger partial charge >= 0.3 is 0 Å². The first-order valence-corrected chi connectivity index (χ1v) is 8.89. The molecule has 0 saturated heterocycles. The van der Waals surface area contributed by atoms with Crippen LogP contribution in [0.4, 0.5) is 0 Å². The van der Waals surface area contributed by atoms with Crippen molar-refractivity contribution in [2.24, 2.45) is 0 Å². The molecule has 5 nitrogen and oxygen atoms in total. The summed E-state index contributed by atoms with van der Waals surface area (Å²) in [6, 6.07) is 11.0. The molecule has 0 fully saturated rings. The molecule has 2 aromatic heterocycles. The van der Waals surface area contributed by atoms with Crippen LogP contribution in [-0.4, -0.2) is 15.9 Å². The number of rotatable bonds is 6. The lowest BCUT2D eigenvalue weighted by atomic mass is 10.2. The zero-order chi connectivity index (χ0) is 17.6. The summed E-state index contributed by atoms with van der Waals surface area (Å²) in [6.07, 6.45) is 1.69. The second-order valence-corrected chi connectivity index (χ2v) is 6.68. The number of nitrogens with zero attached hydrogens (tertiary/aromatic N) is 2. The van der Waals surface area contributed by atoms with Gasteiger partial charge < -0.3 is 10.1 Å². The summed E-state index contributed by atoms with van der Waals surface area (Å²) >= 11 is 7.38. The second kappa shape index (κ2) is 8.09. The van der Waals surface area contributed by atoms with Crippen molar-refractivity contribution in [1.29, 1.82) is 0 Å². The first-order chi connectivity index (χ1) is 12.1. The number of thiazole rings is 1. The van der Waals surface area contributed by atoms with Gasteiger partial charge in [-0.2, -0.15) is 0 Å². The van der Waals surface area contributed by atoms with Crippen molar-refractivity contribution in [3.63, 3.8) is 0 Å². The number of amides is 1. The van der Waals surface area contributed by atoms with Gasteiger partial charge in [0.15, 0.2) is 0 Å². The van der Waals surface area contributed by atoms with Crippen molar-refractivity contribution in [2.45, 2.75) is 20.1 Å². The van der Waals surface area contributed by atoms with E-state index in [9.17, 15) is 4.79 Å². The third-order valence-corrected chi connectivity index (χ3v) is 4.68. The van der Waals surface area contributed by atoms with Gasteiger partial charge in [-0.3, -0.25) is 9.78 Å². The normalized spacial score (nSPS) is 10.5. The van der Waals surface area contributed by atoms with Crippen LogP contribution < -0.4 is 10.1 Å². The monoisotopic (exact) mass is 373 g/mol. The van der Waals surface area contributed by atoms with E-state index < -0.39 is 0 Å². The third kappa shape index (κ3) is 4.78. The average molecular weight is 374 g/mol. The third-order valence-electron chi connectivity index (χ3n) is 3.43. The highest BCUT2D eigenvalue weighted by molar-refractivity contribution is 7.09. The van der Waals surface area contributed by atoms with E-state index in [-0.39, 0.29) is 5.91 Å². The van der Waals surface area contributed by atoms with Gasteiger partial charge in [-0.1, -0.05) is 17.7 Å². The van der Waals surface area contributed by atoms with Gasteiger partial charge in [0.1, 0.15) is 23.1 Å². The molecule has 0 spiro atoms. The van der Waals surface area contributed by atoms with Crippen molar-refractivity contribution in [1.82, 2.24) is 15.3 Å². The van der Waals surface area contributed by atoms with Crippen LogP contribution in [0.5, 0.6) is 5.75 Å². The molecule has 0 aliphatic carbocycles. The second-order valence-electron chi connectivity index (χ2n) is 5.33. The predicted octanol–water partition coefficient (Wildman–Crippen LogP) is 4.01. The highest BCUT2D eigenvalue weighted by Gasteiger charge is 2.11. The van der Waals surface area contributed by atoms with E-state index in [0.29, 0.717) is 23.9 Å². The van der Waals surface area contributed by atoms with E-state index in [4.69, 9.17) is 16.3 Å². The number of aromatic nitrogens is 2. The van der Waals surface area contributed by atoms with E-state index in [1.165, 1.54) is 11.3 Å². The van der Waals surface area contributed by atoms with Gasteiger partial charge in [0, 0.05) is 16.6 Å². The SMILES string of the molecule is Cc1cc(OCc2nc(C(=O)NCc3ccccn3)cs2)ccc1Cl. The van der Waals surface area contributed by atoms with E-state index in [2.05, 4.69) is 15.3 Å². The van der Waals surface area contributed by atoms with Crippen LogP contribution in [0.3, 0.4) is 0 Å². The molecule has 3 rings (SSSR count). The summed E-state index contributed by atoms with van der Waals surface area (Å²) in [6.45, 7) is 2.59. The molecule has 128 valence electrons. The predicted molar refractivity (Wildman–Crippen MR) is 98.0 cm³/mol. The molecule has 7 heteroatoms. The highest BCUT2D eigenvalue weighted by Crippen LogP contribution is 2.22. The van der Waals surface area contributed by atoms with E-state index in [1.54, 1.807) is 17.6 Å². The van der Waals surface area contributed by atoms with Crippen LogP contribution >= 0.6 is 22.9 Å². The molecule has 0 radical (unpaired) electrons. The maximum Gasteiger partial charge on any atom is 0.271 e. The fourth-order valence-corrected chi connectivity index (χ4v) is 2.90. The van der Waals surface area contributed by atoms with Crippen molar-refractivity contribution < 1.29 is 9.53 Å². The number of carbonyl (C=O) groups excluding carboxylic acids is 1. The lowest BCUT2D eigenvalue weighted by Gasteiger charge is -2.06. The Hall–Kier alpha value is -2.44. The van der Waals surface area contributed by atoms with Crippen molar-refractivity contribution >= 4 is 28.8 Å². The fourth-order valence-electron chi connectivity index (χ4n) is 2.10. The van der Waals surface area contributed by atoms with Gasteiger partial charge in [-0.15, -0.1) is 11.3 Å². The molecule has 25 heavy (non-hydrogen) atoms. The Bertz CT molecular complexity index is 868. The van der Waals surface area contributed by atoms with Gasteiger partial charge in [-0.05, 0) is 42.8 Å². The smallest absolute Gasteiger partial charge is 0.271 e. The lowest BCUT2D eigenvalue weighted by molar-refractivity contribution is 0.0946. The number of aryl methyl sites for hydroxylation is 1. The Morgan fingerprint density at radius 2 is 2.20 bits per heavy atom. The number of hydrogen-bond donors (Lipinski definition) is 1. The Balaban J connectivity index is 1.54. The summed E-state index contributed by atoms with van der Waals surface area (Å²) in [4.78, 5) is 20.6. The first-order valence-electron chi connectivity index (χ1n) is 7.63. The molecule has 0 bridgehead atoms. The molecule has 1 N–H and O–H groups in total. The Morgan fingerprint density at radius 3 is 2.96 bits per heavy atom. The average Bonchev–Trinajstić information content (AvgIpc) is 3.11. The molecule has 0 aliphatic rings. The van der Waals surface area contributed by atoms with Crippen LogP contribution in [0.2, 0.25) is 5.02 Å². The van der Waals surface area contributed by atoms with Crippen molar-refractivity contribution in [3.05, 3.63) is 75.0 Å². The molecule has 1 aromatic carbocycles. The lowest BCUT2D eigenvalue weighted by Crippen LogP contribution is -2.23. The van der Waals surface area contributed by atoms with Crippen molar-refractivity contribution in [2.75, 3.05) is 0 Å². The zero-order valence-electron chi connectivity index (χ0n) is 13.5. The highest BCUT2D eigenvalue weighted by atomic mass is 35.5. The molecule has 0 saturated carbocycles. The summed E-state index contributed by atoms with van der Waals surface area (Å²) < 4.78 is 5.70. The Kier molecular flexibility index (Phi) is 5.63. The van der Waals surface area contributed by atoms with Crippen LogP contribution in [0.1, 0.15) is 26.8 Å². The Morgan fingerprint density at radius 1 is 1.32 bits per heavy atom. The van der Waals surface area contributed by atoms with Gasteiger partial charge in [0.25, 0.3) is 5.91 Å². The van der Waals surface area contributed by atoms with Crippen LogP contribution in [0, 0.1) is 6.92 Å². The van der Waals surface area contributed by atoms with Gasteiger partial charge in [0.05, 0.1) is 12.2 Å². The summed E-state index contributed by atoms with van der Waals surface area (Å²) in [5.41, 5.74) is 2.13. The minimum Gasteiger partial charge on any atom is -0.486 e. The number of halogens is 1. The molecule has 0 aliphatic heterocycles. The molecular formula is C18H16ClN3O2S. The number of hydrogen-bond acceptors (Lipinski definition) is 5. The number of benzene rings is 1. The number of nitrogens with one attached hydrogen (secondary N) is 1. The van der Waals surface area contributed by atoms with Crippen molar-refractivity contribution in [3.8, 4) is 5.75 Å². The van der Waals surface area contributed by atoms with E-state index in [1.807, 2.05) is 37.3 Å². The standard InChI is InChI=1S/C18H16ClN3O2S/c1-12-8-14(5-6-15(12)19)24-10-17-22-16(11-25-17)18(23)21-9-13-4-2-3-7-20-13/h2-8,11H,9-10H2,1H3,(H,21,23). The van der Waals surface area contributed by atoms with Gasteiger partial charge in [-0.25, -0.2) is 4.98 Å². The number of pyridine rings is 1. The molecular weight excluding hydrogens is 358 g/mol. The summed E-state index contributed by atoms with van der Waals surface area (Å²) in [5, 5.41) is 5.96. The molecule has 3 aromatic rings. The quantitative estimate of drug-likeness (QED) is 0.709. The maximum absolute atomic E-state index is 12.1. The van der Waals surface area contributed by atoms with Crippen LogP contribution in [-0.2, 0) is 13.2 Å². The summed E-state index contributed by atoms with van der Waals surface area (Å²) in [5.74, 6) is 0.494. The minimum absolute atomic E-state index is 0.226. The van der Waals surface area contributed by atoms with Gasteiger partial charge in [0.2, 0.25) is 0 Å². The number of ether oxygens (including phenoxy) is 1. The van der Waals surface area contributed by atoms with Crippen LogP contribution in [0.25, 0.3) is 0 Å². The molecule has 0 unspecified atom stereocenters. The Labute approximate surface area is 154 Å². The minimum atomic E-state index is -0.226. The first kappa shape index (κ1) is 17.4. The number of carbonyl (C=O) groups is 1. The maximum atomic E-state index is 12.1. The fraction of sp³-hybridized carbons (Fsp3) is 0.167. The van der Waals surface area contributed by atoms with Crippen LogP contribution in [0.15, 0.2) is 48.0 Å². The molecule has 2 heterocycles. The van der Waals surface area contributed by atoms with E-state index in [0.717, 1.165) is 22.0 Å². The summed E-state index contributed by atoms with van der Waals surface area (Å²) in [7, 11) is 0. The largest absolute Gasteiger partial charge is 0.486 e. The topological polar surface area (TPSA) is 64.1 Å².